The van der Waals surface area contributed by atoms with Gasteiger partial charge in [-0.1, -0.05) is 30.3 Å². The number of hydrogen-bond acceptors (Lipinski definition) is 4. The minimum Gasteiger partial charge on any atom is -0.379 e. The van der Waals surface area contributed by atoms with Gasteiger partial charge in [0.2, 0.25) is 5.82 Å². The first-order valence-corrected chi connectivity index (χ1v) is 7.42. The van der Waals surface area contributed by atoms with E-state index in [9.17, 15) is 4.79 Å². The van der Waals surface area contributed by atoms with Crippen LogP contribution in [0.2, 0.25) is 0 Å². The summed E-state index contributed by atoms with van der Waals surface area (Å²) in [5.41, 5.74) is 1.20. The van der Waals surface area contributed by atoms with Gasteiger partial charge in [-0.3, -0.25) is 9.48 Å². The molecule has 6 nitrogen and oxygen atoms in total. The quantitative estimate of drug-likeness (QED) is 0.853. The lowest BCUT2D eigenvalue weighted by molar-refractivity contribution is 0.0500. The Morgan fingerprint density at radius 2 is 2.14 bits per heavy atom. The van der Waals surface area contributed by atoms with E-state index in [0.29, 0.717) is 6.54 Å². The molecule has 3 rings (SSSR count). The highest BCUT2D eigenvalue weighted by molar-refractivity contribution is 5.90. The van der Waals surface area contributed by atoms with E-state index in [1.165, 1.54) is 5.56 Å². The number of methoxy groups -OCH3 is 1. The van der Waals surface area contributed by atoms with Crippen LogP contribution in [0.25, 0.3) is 0 Å². The Labute approximate surface area is 129 Å². The number of aryl methyl sites for hydroxylation is 1. The summed E-state index contributed by atoms with van der Waals surface area (Å²) in [7, 11) is 3.46. The predicted octanol–water partition coefficient (Wildman–Crippen LogP) is 1.29. The van der Waals surface area contributed by atoms with Crippen LogP contribution in [-0.2, 0) is 18.2 Å². The van der Waals surface area contributed by atoms with Crippen molar-refractivity contribution in [3.8, 4) is 0 Å². The second kappa shape index (κ2) is 6.27. The summed E-state index contributed by atoms with van der Waals surface area (Å²) in [5, 5.41) is 4.12. The highest BCUT2D eigenvalue weighted by Crippen LogP contribution is 2.25. The fourth-order valence-electron chi connectivity index (χ4n) is 3.02. The molecule has 0 unspecified atom stereocenters. The SMILES string of the molecule is CO[C@H]1CCN(C(=O)c2ncn(C)n2)[C@H]1Cc1ccccc1. The van der Waals surface area contributed by atoms with Gasteiger partial charge in [0, 0.05) is 20.7 Å². The van der Waals surface area contributed by atoms with Crippen molar-refractivity contribution in [3.05, 3.63) is 48.0 Å². The maximum Gasteiger partial charge on any atom is 0.293 e. The summed E-state index contributed by atoms with van der Waals surface area (Å²) < 4.78 is 7.12. The maximum absolute atomic E-state index is 12.7. The van der Waals surface area contributed by atoms with Crippen molar-refractivity contribution < 1.29 is 9.53 Å². The van der Waals surface area contributed by atoms with E-state index >= 15 is 0 Å². The van der Waals surface area contributed by atoms with Crippen molar-refractivity contribution in [2.45, 2.75) is 25.0 Å². The van der Waals surface area contributed by atoms with Crippen LogP contribution in [0.3, 0.4) is 0 Å². The number of aromatic nitrogens is 3. The lowest BCUT2D eigenvalue weighted by Gasteiger charge is -2.27. The molecule has 1 saturated heterocycles. The standard InChI is InChI=1S/C16H20N4O2/c1-19-11-17-15(18-19)16(21)20-9-8-14(22-2)13(20)10-12-6-4-3-5-7-12/h3-7,11,13-14H,8-10H2,1-2H3/t13-,14-/m0/s1. The van der Waals surface area contributed by atoms with E-state index < -0.39 is 0 Å². The average Bonchev–Trinajstić information content (AvgIpc) is 3.14. The van der Waals surface area contributed by atoms with Crippen molar-refractivity contribution in [3.63, 3.8) is 0 Å². The number of likely N-dealkylation sites (tertiary alicyclic amines) is 1. The number of carbonyl (C=O) groups excluding carboxylic acids is 1. The first-order valence-electron chi connectivity index (χ1n) is 7.42. The summed E-state index contributed by atoms with van der Waals surface area (Å²) >= 11 is 0. The van der Waals surface area contributed by atoms with Crippen LogP contribution in [0.4, 0.5) is 0 Å². The van der Waals surface area contributed by atoms with Gasteiger partial charge in [0.25, 0.3) is 5.91 Å². The van der Waals surface area contributed by atoms with Crippen LogP contribution in [0, 0.1) is 0 Å². The van der Waals surface area contributed by atoms with E-state index in [1.807, 2.05) is 23.1 Å². The van der Waals surface area contributed by atoms with Gasteiger partial charge in [-0.05, 0) is 18.4 Å². The molecule has 22 heavy (non-hydrogen) atoms. The van der Waals surface area contributed by atoms with Gasteiger partial charge in [0.1, 0.15) is 6.33 Å². The molecular formula is C16H20N4O2. The van der Waals surface area contributed by atoms with Gasteiger partial charge in [0.15, 0.2) is 0 Å². The molecule has 1 aromatic carbocycles. The fraction of sp³-hybridized carbons (Fsp3) is 0.438. The third kappa shape index (κ3) is 2.87. The molecule has 1 amide bonds. The Kier molecular flexibility index (Phi) is 4.20. The van der Waals surface area contributed by atoms with E-state index in [-0.39, 0.29) is 23.9 Å². The molecular weight excluding hydrogens is 280 g/mol. The van der Waals surface area contributed by atoms with Gasteiger partial charge in [0.05, 0.1) is 12.1 Å². The minimum absolute atomic E-state index is 0.0173. The first kappa shape index (κ1) is 14.7. The molecule has 0 aliphatic carbocycles. The third-order valence-electron chi connectivity index (χ3n) is 4.13. The number of benzene rings is 1. The number of amides is 1. The van der Waals surface area contributed by atoms with Gasteiger partial charge in [-0.2, -0.15) is 0 Å². The zero-order valence-electron chi connectivity index (χ0n) is 12.8. The molecule has 1 fully saturated rings. The minimum atomic E-state index is -0.124. The molecule has 116 valence electrons. The van der Waals surface area contributed by atoms with Crippen molar-refractivity contribution in [1.29, 1.82) is 0 Å². The van der Waals surface area contributed by atoms with Crippen LogP contribution in [-0.4, -0.2) is 51.4 Å². The first-order chi connectivity index (χ1) is 10.7. The molecule has 0 radical (unpaired) electrons. The zero-order valence-corrected chi connectivity index (χ0v) is 12.8. The fourth-order valence-corrected chi connectivity index (χ4v) is 3.02. The van der Waals surface area contributed by atoms with Crippen molar-refractivity contribution >= 4 is 5.91 Å². The molecule has 6 heteroatoms. The van der Waals surface area contributed by atoms with Crippen LogP contribution >= 0.6 is 0 Å². The molecule has 0 spiro atoms. The third-order valence-corrected chi connectivity index (χ3v) is 4.13. The predicted molar refractivity (Wildman–Crippen MR) is 81.4 cm³/mol. The Morgan fingerprint density at radius 1 is 1.36 bits per heavy atom. The Hall–Kier alpha value is -2.21. The zero-order chi connectivity index (χ0) is 15.5. The smallest absolute Gasteiger partial charge is 0.293 e. The molecule has 1 aliphatic heterocycles. The topological polar surface area (TPSA) is 60.2 Å². The lowest BCUT2D eigenvalue weighted by atomic mass is 10.0. The highest BCUT2D eigenvalue weighted by Gasteiger charge is 2.38. The average molecular weight is 300 g/mol. The Morgan fingerprint density at radius 3 is 2.77 bits per heavy atom. The van der Waals surface area contributed by atoms with Gasteiger partial charge >= 0.3 is 0 Å². The van der Waals surface area contributed by atoms with Crippen LogP contribution in [0.5, 0.6) is 0 Å². The Balaban J connectivity index is 1.81. The number of ether oxygens (including phenoxy) is 1. The van der Waals surface area contributed by atoms with E-state index in [2.05, 4.69) is 22.2 Å². The molecule has 2 heterocycles. The second-order valence-corrected chi connectivity index (χ2v) is 5.56. The van der Waals surface area contributed by atoms with E-state index in [1.54, 1.807) is 25.2 Å². The maximum atomic E-state index is 12.7. The van der Waals surface area contributed by atoms with Gasteiger partial charge < -0.3 is 9.64 Å². The highest BCUT2D eigenvalue weighted by atomic mass is 16.5. The molecule has 1 aliphatic rings. The molecule has 0 N–H and O–H groups in total. The van der Waals surface area contributed by atoms with Gasteiger partial charge in [-0.25, -0.2) is 4.98 Å². The summed E-state index contributed by atoms with van der Waals surface area (Å²) in [6, 6.07) is 10.2. The summed E-state index contributed by atoms with van der Waals surface area (Å²) in [6.45, 7) is 0.674. The van der Waals surface area contributed by atoms with Crippen molar-refractivity contribution in [1.82, 2.24) is 19.7 Å². The van der Waals surface area contributed by atoms with Crippen molar-refractivity contribution in [2.24, 2.45) is 7.05 Å². The monoisotopic (exact) mass is 300 g/mol. The van der Waals surface area contributed by atoms with Crippen LogP contribution in [0.15, 0.2) is 36.7 Å². The molecule has 2 aromatic rings. The summed E-state index contributed by atoms with van der Waals surface area (Å²) in [5.74, 6) is 0.124. The van der Waals surface area contributed by atoms with Crippen LogP contribution in [0.1, 0.15) is 22.6 Å². The molecule has 0 saturated carbocycles. The lowest BCUT2D eigenvalue weighted by Crippen LogP contribution is -2.42. The molecule has 2 atom stereocenters. The second-order valence-electron chi connectivity index (χ2n) is 5.56. The van der Waals surface area contributed by atoms with E-state index in [4.69, 9.17) is 4.74 Å². The number of nitrogens with zero attached hydrogens (tertiary/aromatic N) is 4. The summed E-state index contributed by atoms with van der Waals surface area (Å²) in [6.07, 6.45) is 3.21. The van der Waals surface area contributed by atoms with Crippen LogP contribution < -0.4 is 0 Å². The number of hydrogen-bond donors (Lipinski definition) is 0. The van der Waals surface area contributed by atoms with Gasteiger partial charge in [-0.15, -0.1) is 5.10 Å². The Bertz CT molecular complexity index is 641. The number of rotatable bonds is 4. The molecule has 0 bridgehead atoms. The molecule has 1 aromatic heterocycles. The number of carbonyl (C=O) groups is 1. The summed E-state index contributed by atoms with van der Waals surface area (Å²) in [4.78, 5) is 18.6. The van der Waals surface area contributed by atoms with Crippen molar-refractivity contribution in [2.75, 3.05) is 13.7 Å². The largest absolute Gasteiger partial charge is 0.379 e. The normalized spacial score (nSPS) is 21.3. The van der Waals surface area contributed by atoms with E-state index in [0.717, 1.165) is 12.8 Å².